The Morgan fingerprint density at radius 2 is 1.67 bits per heavy atom. The van der Waals surface area contributed by atoms with E-state index in [0.717, 1.165) is 37.0 Å². The first-order chi connectivity index (χ1) is 17.6. The van der Waals surface area contributed by atoms with Crippen molar-refractivity contribution in [2.75, 3.05) is 6.61 Å². The molecule has 0 radical (unpaired) electrons. The molecular formula is C31H38N2O3. The number of hydrogen-bond acceptors (Lipinski definition) is 5. The number of carbonyl (C=O) groups is 1. The van der Waals surface area contributed by atoms with Crippen molar-refractivity contribution in [2.24, 2.45) is 5.92 Å². The molecule has 0 bridgehead atoms. The molecule has 0 amide bonds. The van der Waals surface area contributed by atoms with Crippen LogP contribution in [-0.2, 0) is 6.42 Å². The van der Waals surface area contributed by atoms with E-state index in [1.54, 1.807) is 6.20 Å². The van der Waals surface area contributed by atoms with E-state index in [1.807, 2.05) is 54.6 Å². The maximum absolute atomic E-state index is 12.5. The number of rotatable bonds is 15. The predicted octanol–water partition coefficient (Wildman–Crippen LogP) is 7.86. The van der Waals surface area contributed by atoms with Gasteiger partial charge in [-0.1, -0.05) is 57.7 Å². The summed E-state index contributed by atoms with van der Waals surface area (Å²) >= 11 is 0. The van der Waals surface area contributed by atoms with Crippen molar-refractivity contribution >= 4 is 5.97 Å². The molecule has 5 nitrogen and oxygen atoms in total. The molecule has 190 valence electrons. The summed E-state index contributed by atoms with van der Waals surface area (Å²) in [4.78, 5) is 21.2. The summed E-state index contributed by atoms with van der Waals surface area (Å²) in [5.74, 6) is 1.10. The summed E-state index contributed by atoms with van der Waals surface area (Å²) in [5.41, 5.74) is 3.36. The first kappa shape index (κ1) is 27.1. The molecule has 0 spiro atoms. The number of unbranched alkanes of at least 4 members (excludes halogenated alkanes) is 5. The van der Waals surface area contributed by atoms with Crippen LogP contribution in [-0.4, -0.2) is 22.5 Å². The van der Waals surface area contributed by atoms with Crippen molar-refractivity contribution < 1.29 is 14.3 Å². The van der Waals surface area contributed by atoms with Crippen LogP contribution >= 0.6 is 0 Å². The average Bonchev–Trinajstić information content (AvgIpc) is 2.92. The molecule has 0 aliphatic rings. The van der Waals surface area contributed by atoms with Gasteiger partial charge in [-0.3, -0.25) is 0 Å². The third kappa shape index (κ3) is 8.95. The molecule has 0 N–H and O–H groups in total. The van der Waals surface area contributed by atoms with E-state index in [-0.39, 0.29) is 5.88 Å². The molecule has 0 aliphatic carbocycles. The second kappa shape index (κ2) is 14.8. The summed E-state index contributed by atoms with van der Waals surface area (Å²) in [6.07, 6.45) is 14.4. The molecule has 0 fully saturated rings. The van der Waals surface area contributed by atoms with E-state index >= 15 is 0 Å². The quantitative estimate of drug-likeness (QED) is 0.124. The van der Waals surface area contributed by atoms with Crippen LogP contribution in [0.25, 0.3) is 11.3 Å². The summed E-state index contributed by atoms with van der Waals surface area (Å²) < 4.78 is 11.2. The Balaban J connectivity index is 1.45. The SMILES string of the molecule is C=CCCCCCCCc1ccc(C(=O)Oc2cnc(-c3ccc(OC[C@@H](C)CC)cc3)cn2)cc1. The third-order valence-electron chi connectivity index (χ3n) is 6.27. The van der Waals surface area contributed by atoms with Crippen LogP contribution in [0.4, 0.5) is 0 Å². The molecule has 0 saturated heterocycles. The zero-order valence-corrected chi connectivity index (χ0v) is 21.6. The molecule has 1 heterocycles. The fourth-order valence-electron chi connectivity index (χ4n) is 3.71. The summed E-state index contributed by atoms with van der Waals surface area (Å²) in [5, 5.41) is 0. The summed E-state index contributed by atoms with van der Waals surface area (Å²) in [7, 11) is 0. The van der Waals surface area contributed by atoms with Crippen LogP contribution in [0, 0.1) is 5.92 Å². The lowest BCUT2D eigenvalue weighted by Gasteiger charge is -2.11. The van der Waals surface area contributed by atoms with Crippen LogP contribution in [0.15, 0.2) is 73.6 Å². The molecule has 1 atom stereocenters. The highest BCUT2D eigenvalue weighted by Gasteiger charge is 2.11. The highest BCUT2D eigenvalue weighted by atomic mass is 16.5. The number of ether oxygens (including phenoxy) is 2. The van der Waals surface area contributed by atoms with Crippen molar-refractivity contribution in [1.29, 1.82) is 0 Å². The van der Waals surface area contributed by atoms with E-state index in [2.05, 4.69) is 30.4 Å². The molecule has 2 aromatic carbocycles. The fourth-order valence-corrected chi connectivity index (χ4v) is 3.71. The van der Waals surface area contributed by atoms with Gasteiger partial charge in [-0.05, 0) is 73.6 Å². The number of benzene rings is 2. The Morgan fingerprint density at radius 1 is 0.944 bits per heavy atom. The lowest BCUT2D eigenvalue weighted by atomic mass is 10.0. The Kier molecular flexibility index (Phi) is 11.2. The molecule has 3 rings (SSSR count). The monoisotopic (exact) mass is 486 g/mol. The smallest absolute Gasteiger partial charge is 0.344 e. The number of nitrogens with zero attached hydrogens (tertiary/aromatic N) is 2. The van der Waals surface area contributed by atoms with Crippen LogP contribution in [0.2, 0.25) is 0 Å². The van der Waals surface area contributed by atoms with Crippen LogP contribution in [0.5, 0.6) is 11.6 Å². The standard InChI is InChI=1S/C31H38N2O3/c1-4-6-7-8-9-10-11-12-25-13-15-27(16-14-25)31(34)36-30-22-32-29(21-33-30)26-17-19-28(20-18-26)35-23-24(3)5-2/h4,13-22,24H,1,5-12,23H2,2-3H3/t24-/m0/s1. The van der Waals surface area contributed by atoms with Gasteiger partial charge in [0.05, 0.1) is 30.3 Å². The highest BCUT2D eigenvalue weighted by molar-refractivity contribution is 5.90. The number of carbonyl (C=O) groups excluding carboxylic acids is 1. The van der Waals surface area contributed by atoms with Crippen molar-refractivity contribution in [1.82, 2.24) is 9.97 Å². The predicted molar refractivity (Wildman–Crippen MR) is 145 cm³/mol. The van der Waals surface area contributed by atoms with E-state index in [9.17, 15) is 4.79 Å². The molecule has 0 unspecified atom stereocenters. The Morgan fingerprint density at radius 3 is 2.33 bits per heavy atom. The van der Waals surface area contributed by atoms with Crippen molar-refractivity contribution in [3.05, 3.63) is 84.7 Å². The van der Waals surface area contributed by atoms with Gasteiger partial charge in [-0.15, -0.1) is 6.58 Å². The summed E-state index contributed by atoms with van der Waals surface area (Å²) in [6.45, 7) is 8.79. The number of esters is 1. The van der Waals surface area contributed by atoms with Gasteiger partial charge in [0.25, 0.3) is 0 Å². The van der Waals surface area contributed by atoms with E-state index < -0.39 is 5.97 Å². The molecule has 1 aromatic heterocycles. The molecular weight excluding hydrogens is 448 g/mol. The second-order valence-corrected chi connectivity index (χ2v) is 9.27. The normalized spacial score (nSPS) is 11.6. The number of hydrogen-bond donors (Lipinski definition) is 0. The van der Waals surface area contributed by atoms with Crippen LogP contribution < -0.4 is 9.47 Å². The molecule has 3 aromatic rings. The topological polar surface area (TPSA) is 61.3 Å². The van der Waals surface area contributed by atoms with E-state index in [1.165, 1.54) is 37.4 Å². The van der Waals surface area contributed by atoms with Gasteiger partial charge >= 0.3 is 5.97 Å². The van der Waals surface area contributed by atoms with Gasteiger partial charge in [-0.2, -0.15) is 0 Å². The second-order valence-electron chi connectivity index (χ2n) is 9.27. The minimum Gasteiger partial charge on any atom is -0.493 e. The Labute approximate surface area is 215 Å². The van der Waals surface area contributed by atoms with Crippen LogP contribution in [0.3, 0.4) is 0 Å². The number of aryl methyl sites for hydroxylation is 1. The lowest BCUT2D eigenvalue weighted by molar-refractivity contribution is 0.0727. The molecule has 0 saturated carbocycles. The van der Waals surface area contributed by atoms with Crippen molar-refractivity contribution in [2.45, 2.75) is 65.2 Å². The third-order valence-corrected chi connectivity index (χ3v) is 6.27. The average molecular weight is 487 g/mol. The minimum atomic E-state index is -0.436. The Bertz CT molecular complexity index is 1060. The number of allylic oxidation sites excluding steroid dienone is 1. The van der Waals surface area contributed by atoms with E-state index in [0.29, 0.717) is 23.8 Å². The number of aromatic nitrogens is 2. The van der Waals surface area contributed by atoms with Crippen molar-refractivity contribution in [3.63, 3.8) is 0 Å². The lowest BCUT2D eigenvalue weighted by Crippen LogP contribution is -2.09. The highest BCUT2D eigenvalue weighted by Crippen LogP contribution is 2.22. The van der Waals surface area contributed by atoms with Gasteiger partial charge < -0.3 is 9.47 Å². The summed E-state index contributed by atoms with van der Waals surface area (Å²) in [6, 6.07) is 15.4. The van der Waals surface area contributed by atoms with Gasteiger partial charge in [0.2, 0.25) is 5.88 Å². The molecule has 0 aliphatic heterocycles. The van der Waals surface area contributed by atoms with E-state index in [4.69, 9.17) is 9.47 Å². The molecule has 36 heavy (non-hydrogen) atoms. The zero-order chi connectivity index (χ0) is 25.6. The van der Waals surface area contributed by atoms with Crippen LogP contribution in [0.1, 0.15) is 74.7 Å². The maximum Gasteiger partial charge on any atom is 0.344 e. The first-order valence-corrected chi connectivity index (χ1v) is 13.1. The van der Waals surface area contributed by atoms with Gasteiger partial charge in [-0.25, -0.2) is 14.8 Å². The molecule has 5 heteroatoms. The zero-order valence-electron chi connectivity index (χ0n) is 21.6. The fraction of sp³-hybridized carbons (Fsp3) is 0.387. The van der Waals surface area contributed by atoms with Gasteiger partial charge in [0.1, 0.15) is 5.75 Å². The minimum absolute atomic E-state index is 0.179. The van der Waals surface area contributed by atoms with Gasteiger partial charge in [0.15, 0.2) is 0 Å². The van der Waals surface area contributed by atoms with Gasteiger partial charge in [0, 0.05) is 5.56 Å². The maximum atomic E-state index is 12.5. The Hall–Kier alpha value is -3.47. The first-order valence-electron chi connectivity index (χ1n) is 13.1. The van der Waals surface area contributed by atoms with Crippen molar-refractivity contribution in [3.8, 4) is 22.9 Å². The largest absolute Gasteiger partial charge is 0.493 e.